The number of para-hydroxylation sites is 2. The van der Waals surface area contributed by atoms with Gasteiger partial charge in [-0.1, -0.05) is 18.2 Å². The summed E-state index contributed by atoms with van der Waals surface area (Å²) in [5.74, 6) is 0.614. The van der Waals surface area contributed by atoms with E-state index in [2.05, 4.69) is 16.3 Å². The first-order chi connectivity index (χ1) is 13.5. The fraction of sp³-hybridized carbons (Fsp3) is 0.350. The number of hydrogen-bond donors (Lipinski definition) is 2. The molecule has 1 amide bonds. The maximum Gasteiger partial charge on any atom is 0.292 e. The number of amides is 1. The standard InChI is InChI=1S/C20H24N4O4/c1-15(20(25)21-18-8-3-4-9-19(18)24(26)27)22-10-12-23(13-11-22)16-6-5-7-17(14-16)28-2/h3-9,14-15H,10-13H2,1-2H3,(H,21,25)/p+1/t15-/m0/s1. The minimum Gasteiger partial charge on any atom is -0.497 e. The van der Waals surface area contributed by atoms with Gasteiger partial charge in [0, 0.05) is 17.8 Å². The second-order valence-electron chi connectivity index (χ2n) is 6.83. The van der Waals surface area contributed by atoms with Crippen molar-refractivity contribution in [2.24, 2.45) is 0 Å². The monoisotopic (exact) mass is 385 g/mol. The van der Waals surface area contributed by atoms with E-state index in [1.165, 1.54) is 6.07 Å². The molecular weight excluding hydrogens is 360 g/mol. The molecule has 0 aromatic heterocycles. The zero-order valence-electron chi connectivity index (χ0n) is 16.1. The number of benzene rings is 2. The molecule has 2 aromatic rings. The molecule has 3 rings (SSSR count). The number of methoxy groups -OCH3 is 1. The van der Waals surface area contributed by atoms with Gasteiger partial charge in [-0.3, -0.25) is 14.9 Å². The van der Waals surface area contributed by atoms with Gasteiger partial charge in [0.15, 0.2) is 6.04 Å². The van der Waals surface area contributed by atoms with Crippen molar-refractivity contribution in [1.82, 2.24) is 0 Å². The highest BCUT2D eigenvalue weighted by molar-refractivity contribution is 5.95. The second-order valence-corrected chi connectivity index (χ2v) is 6.83. The van der Waals surface area contributed by atoms with Crippen LogP contribution in [0.4, 0.5) is 17.1 Å². The molecule has 148 valence electrons. The Morgan fingerprint density at radius 3 is 2.61 bits per heavy atom. The molecule has 8 nitrogen and oxygen atoms in total. The summed E-state index contributed by atoms with van der Waals surface area (Å²) >= 11 is 0. The summed E-state index contributed by atoms with van der Waals surface area (Å²) in [6.45, 7) is 5.13. The molecule has 1 atom stereocenters. The number of nitrogens with one attached hydrogen (secondary N) is 2. The number of ether oxygens (including phenoxy) is 1. The smallest absolute Gasteiger partial charge is 0.292 e. The first kappa shape index (κ1) is 19.6. The fourth-order valence-corrected chi connectivity index (χ4v) is 3.46. The molecule has 1 heterocycles. The molecule has 2 aromatic carbocycles. The van der Waals surface area contributed by atoms with Crippen LogP contribution in [0.5, 0.6) is 5.75 Å². The molecule has 1 fully saturated rings. The lowest BCUT2D eigenvalue weighted by atomic mass is 10.2. The van der Waals surface area contributed by atoms with Gasteiger partial charge in [0.1, 0.15) is 11.4 Å². The topological polar surface area (TPSA) is 89.2 Å². The van der Waals surface area contributed by atoms with Gasteiger partial charge in [-0.05, 0) is 25.1 Å². The van der Waals surface area contributed by atoms with E-state index in [1.807, 2.05) is 25.1 Å². The van der Waals surface area contributed by atoms with Crippen LogP contribution in [0.1, 0.15) is 6.92 Å². The number of piperazine rings is 1. The summed E-state index contributed by atoms with van der Waals surface area (Å²) in [4.78, 5) is 26.7. The molecule has 1 saturated heterocycles. The Morgan fingerprint density at radius 1 is 1.21 bits per heavy atom. The summed E-state index contributed by atoms with van der Waals surface area (Å²) in [7, 11) is 1.65. The van der Waals surface area contributed by atoms with Crippen LogP contribution in [0, 0.1) is 10.1 Å². The number of carbonyl (C=O) groups excluding carboxylic acids is 1. The molecule has 0 saturated carbocycles. The number of carbonyl (C=O) groups is 1. The molecule has 0 spiro atoms. The van der Waals surface area contributed by atoms with Gasteiger partial charge in [0.05, 0.1) is 38.2 Å². The van der Waals surface area contributed by atoms with E-state index in [9.17, 15) is 14.9 Å². The van der Waals surface area contributed by atoms with E-state index >= 15 is 0 Å². The van der Waals surface area contributed by atoms with Gasteiger partial charge in [-0.2, -0.15) is 0 Å². The van der Waals surface area contributed by atoms with E-state index in [-0.39, 0.29) is 23.3 Å². The van der Waals surface area contributed by atoms with Crippen molar-refractivity contribution in [3.05, 3.63) is 58.6 Å². The molecule has 0 bridgehead atoms. The lowest BCUT2D eigenvalue weighted by Crippen LogP contribution is -3.19. The van der Waals surface area contributed by atoms with Crippen LogP contribution in [0.25, 0.3) is 0 Å². The minimum atomic E-state index is -0.486. The minimum absolute atomic E-state index is 0.0964. The van der Waals surface area contributed by atoms with Gasteiger partial charge in [-0.15, -0.1) is 0 Å². The average molecular weight is 385 g/mol. The number of anilines is 2. The highest BCUT2D eigenvalue weighted by Gasteiger charge is 2.30. The SMILES string of the molecule is COc1cccc(N2CC[NH+]([C@@H](C)C(=O)Nc3ccccc3[N+](=O)[O-])CC2)c1. The number of rotatable bonds is 6. The van der Waals surface area contributed by atoms with Gasteiger partial charge in [0.2, 0.25) is 0 Å². The Balaban J connectivity index is 1.59. The van der Waals surface area contributed by atoms with Crippen LogP contribution in [-0.2, 0) is 4.79 Å². The van der Waals surface area contributed by atoms with Gasteiger partial charge in [0.25, 0.3) is 11.6 Å². The van der Waals surface area contributed by atoms with Crippen LogP contribution in [0.2, 0.25) is 0 Å². The van der Waals surface area contributed by atoms with Crippen LogP contribution in [0.15, 0.2) is 48.5 Å². The molecule has 0 unspecified atom stereocenters. The molecule has 28 heavy (non-hydrogen) atoms. The van der Waals surface area contributed by atoms with Crippen molar-refractivity contribution in [3.63, 3.8) is 0 Å². The second kappa shape index (κ2) is 8.71. The van der Waals surface area contributed by atoms with Crippen LogP contribution < -0.4 is 19.9 Å². The molecule has 0 aliphatic carbocycles. The van der Waals surface area contributed by atoms with E-state index < -0.39 is 4.92 Å². The molecule has 2 N–H and O–H groups in total. The zero-order chi connectivity index (χ0) is 20.1. The lowest BCUT2D eigenvalue weighted by molar-refractivity contribution is -0.914. The van der Waals surface area contributed by atoms with E-state index in [1.54, 1.807) is 25.3 Å². The van der Waals surface area contributed by atoms with E-state index in [0.717, 1.165) is 42.5 Å². The van der Waals surface area contributed by atoms with Crippen molar-refractivity contribution in [2.45, 2.75) is 13.0 Å². The van der Waals surface area contributed by atoms with Crippen molar-refractivity contribution in [1.29, 1.82) is 0 Å². The third-order valence-electron chi connectivity index (χ3n) is 5.19. The Labute approximate surface area is 163 Å². The number of hydrogen-bond acceptors (Lipinski definition) is 5. The maximum absolute atomic E-state index is 12.6. The highest BCUT2D eigenvalue weighted by Crippen LogP contribution is 2.23. The number of nitro benzene ring substituents is 1. The predicted octanol–water partition coefficient (Wildman–Crippen LogP) is 1.34. The van der Waals surface area contributed by atoms with Crippen LogP contribution in [-0.4, -0.2) is 50.2 Å². The summed E-state index contributed by atoms with van der Waals surface area (Å²) < 4.78 is 5.29. The molecule has 1 aliphatic heterocycles. The average Bonchev–Trinajstić information content (AvgIpc) is 2.73. The molecular formula is C20H25N4O4+. The number of nitrogens with zero attached hydrogens (tertiary/aromatic N) is 2. The normalized spacial score (nSPS) is 15.7. The highest BCUT2D eigenvalue weighted by atomic mass is 16.6. The van der Waals surface area contributed by atoms with Gasteiger partial charge in [-0.25, -0.2) is 0 Å². The first-order valence-electron chi connectivity index (χ1n) is 9.27. The van der Waals surface area contributed by atoms with Crippen LogP contribution in [0.3, 0.4) is 0 Å². The maximum atomic E-state index is 12.6. The van der Waals surface area contributed by atoms with Crippen molar-refractivity contribution in [2.75, 3.05) is 43.5 Å². The summed E-state index contributed by atoms with van der Waals surface area (Å²) in [5, 5.41) is 13.8. The quantitative estimate of drug-likeness (QED) is 0.579. The third kappa shape index (κ3) is 4.40. The Kier molecular flexibility index (Phi) is 6.10. The molecule has 1 aliphatic rings. The Morgan fingerprint density at radius 2 is 1.93 bits per heavy atom. The Bertz CT molecular complexity index is 850. The number of quaternary nitrogens is 1. The summed E-state index contributed by atoms with van der Waals surface area (Å²) in [6.07, 6.45) is 0. The largest absolute Gasteiger partial charge is 0.497 e. The first-order valence-corrected chi connectivity index (χ1v) is 9.27. The summed E-state index contributed by atoms with van der Waals surface area (Å²) in [6, 6.07) is 13.9. The van der Waals surface area contributed by atoms with E-state index in [4.69, 9.17) is 4.74 Å². The fourth-order valence-electron chi connectivity index (χ4n) is 3.46. The molecule has 8 heteroatoms. The van der Waals surface area contributed by atoms with Crippen LogP contribution >= 0.6 is 0 Å². The Hall–Kier alpha value is -3.13. The summed E-state index contributed by atoms with van der Waals surface area (Å²) in [5.41, 5.74) is 1.25. The number of nitro groups is 1. The predicted molar refractivity (Wildman–Crippen MR) is 107 cm³/mol. The van der Waals surface area contributed by atoms with E-state index in [0.29, 0.717) is 0 Å². The third-order valence-corrected chi connectivity index (χ3v) is 5.19. The van der Waals surface area contributed by atoms with Crippen molar-refractivity contribution in [3.8, 4) is 5.75 Å². The van der Waals surface area contributed by atoms with Gasteiger partial charge < -0.3 is 19.9 Å². The molecule has 0 radical (unpaired) electrons. The van der Waals surface area contributed by atoms with Gasteiger partial charge >= 0.3 is 0 Å². The van der Waals surface area contributed by atoms with Crippen molar-refractivity contribution >= 4 is 23.0 Å². The zero-order valence-corrected chi connectivity index (χ0v) is 16.1. The lowest BCUT2D eigenvalue weighted by Gasteiger charge is -2.36. The van der Waals surface area contributed by atoms with Crippen molar-refractivity contribution < 1.29 is 19.4 Å².